The fourth-order valence-corrected chi connectivity index (χ4v) is 2.70. The summed E-state index contributed by atoms with van der Waals surface area (Å²) in [4.78, 5) is 10.4. The Morgan fingerprint density at radius 3 is 2.59 bits per heavy atom. The van der Waals surface area contributed by atoms with Gasteiger partial charge in [0.15, 0.2) is 0 Å². The molecule has 2 N–H and O–H groups in total. The lowest BCUT2D eigenvalue weighted by molar-refractivity contribution is -0.137. The number of aliphatic hydroxyl groups excluding tert-OH is 1. The number of hydrogen-bond acceptors (Lipinski definition) is 3. The van der Waals surface area contributed by atoms with E-state index < -0.39 is 12.1 Å². The largest absolute Gasteiger partial charge is 0.481 e. The van der Waals surface area contributed by atoms with Crippen LogP contribution in [0.4, 0.5) is 0 Å². The zero-order chi connectivity index (χ0) is 16.2. The minimum absolute atomic E-state index is 0.0177. The Bertz CT molecular complexity index is 327. The van der Waals surface area contributed by atoms with Gasteiger partial charge in [0.1, 0.15) is 12.2 Å². The summed E-state index contributed by atoms with van der Waals surface area (Å²) in [6, 6.07) is 0. The molecule has 0 saturated carbocycles. The molecule has 0 aromatic rings. The quantitative estimate of drug-likeness (QED) is 0.288. The van der Waals surface area contributed by atoms with Crippen molar-refractivity contribution in [3.8, 4) is 0 Å². The lowest BCUT2D eigenvalue weighted by Crippen LogP contribution is -2.13. The highest BCUT2D eigenvalue weighted by Crippen LogP contribution is 2.30. The first-order valence-electron chi connectivity index (χ1n) is 8.87. The molecule has 1 heterocycles. The Kier molecular flexibility index (Phi) is 10.2. The van der Waals surface area contributed by atoms with Gasteiger partial charge in [0, 0.05) is 6.42 Å². The molecule has 0 bridgehead atoms. The van der Waals surface area contributed by atoms with Crippen molar-refractivity contribution in [3.05, 3.63) is 12.2 Å². The van der Waals surface area contributed by atoms with E-state index in [-0.39, 0.29) is 18.6 Å². The predicted octanol–water partition coefficient (Wildman–Crippen LogP) is 4.07. The molecule has 22 heavy (non-hydrogen) atoms. The number of carboxylic acid groups (broad SMARTS) is 1. The van der Waals surface area contributed by atoms with Crippen LogP contribution in [-0.4, -0.2) is 34.5 Å². The van der Waals surface area contributed by atoms with Crippen LogP contribution in [0.15, 0.2) is 12.2 Å². The summed E-state index contributed by atoms with van der Waals surface area (Å²) in [5, 5.41) is 18.5. The third kappa shape index (κ3) is 9.21. The minimum atomic E-state index is -0.702. The van der Waals surface area contributed by atoms with E-state index in [1.807, 2.05) is 12.2 Å². The molecule has 1 rings (SSSR count). The van der Waals surface area contributed by atoms with Crippen molar-refractivity contribution >= 4 is 5.97 Å². The number of ether oxygens (including phenoxy) is 1. The third-order valence-electron chi connectivity index (χ3n) is 4.15. The van der Waals surface area contributed by atoms with Gasteiger partial charge in [-0.2, -0.15) is 0 Å². The molecule has 3 unspecified atom stereocenters. The highest BCUT2D eigenvalue weighted by molar-refractivity contribution is 5.66. The Hall–Kier alpha value is -0.870. The highest BCUT2D eigenvalue weighted by atomic mass is 16.6. The molecular weight excluding hydrogens is 280 g/mol. The summed E-state index contributed by atoms with van der Waals surface area (Å²) >= 11 is 0. The maximum absolute atomic E-state index is 10.4. The summed E-state index contributed by atoms with van der Waals surface area (Å²) < 4.78 is 5.52. The van der Waals surface area contributed by atoms with E-state index in [2.05, 4.69) is 6.92 Å². The first kappa shape index (κ1) is 19.2. The first-order valence-corrected chi connectivity index (χ1v) is 8.87. The zero-order valence-electron chi connectivity index (χ0n) is 13.9. The van der Waals surface area contributed by atoms with Gasteiger partial charge < -0.3 is 14.9 Å². The van der Waals surface area contributed by atoms with E-state index in [0.717, 1.165) is 44.9 Å². The molecule has 4 heteroatoms. The molecule has 4 nitrogen and oxygen atoms in total. The van der Waals surface area contributed by atoms with Crippen molar-refractivity contribution in [1.29, 1.82) is 0 Å². The second kappa shape index (κ2) is 11.7. The Balaban J connectivity index is 1.92. The van der Waals surface area contributed by atoms with Gasteiger partial charge in [0.25, 0.3) is 0 Å². The summed E-state index contributed by atoms with van der Waals surface area (Å²) in [6.45, 7) is 2.19. The topological polar surface area (TPSA) is 70.1 Å². The molecule has 0 aliphatic carbocycles. The Morgan fingerprint density at radius 2 is 1.86 bits per heavy atom. The number of aliphatic hydroxyl groups is 1. The van der Waals surface area contributed by atoms with Crippen LogP contribution in [0.1, 0.15) is 77.6 Å². The molecule has 128 valence electrons. The summed E-state index contributed by atoms with van der Waals surface area (Å²) in [7, 11) is 0. The van der Waals surface area contributed by atoms with E-state index in [4.69, 9.17) is 9.84 Å². The van der Waals surface area contributed by atoms with Crippen LogP contribution in [0.5, 0.6) is 0 Å². The van der Waals surface area contributed by atoms with Crippen molar-refractivity contribution in [2.45, 2.75) is 95.9 Å². The van der Waals surface area contributed by atoms with Gasteiger partial charge in [0.2, 0.25) is 0 Å². The number of unbranched alkanes of at least 4 members (excludes halogenated alkanes) is 7. The lowest BCUT2D eigenvalue weighted by atomic mass is 10.1. The summed E-state index contributed by atoms with van der Waals surface area (Å²) in [5.74, 6) is -0.702. The van der Waals surface area contributed by atoms with E-state index in [1.165, 1.54) is 19.3 Å². The molecule has 1 aliphatic rings. The average molecular weight is 312 g/mol. The number of rotatable bonds is 14. The average Bonchev–Trinajstić information content (AvgIpc) is 3.25. The van der Waals surface area contributed by atoms with E-state index in [1.54, 1.807) is 0 Å². The van der Waals surface area contributed by atoms with Gasteiger partial charge in [-0.1, -0.05) is 57.6 Å². The summed E-state index contributed by atoms with van der Waals surface area (Å²) in [6.07, 6.45) is 14.8. The molecule has 1 fully saturated rings. The van der Waals surface area contributed by atoms with Crippen LogP contribution in [-0.2, 0) is 9.53 Å². The minimum Gasteiger partial charge on any atom is -0.481 e. The molecule has 0 radical (unpaired) electrons. The normalized spacial score (nSPS) is 22.1. The molecule has 1 saturated heterocycles. The Morgan fingerprint density at radius 1 is 1.14 bits per heavy atom. The lowest BCUT2D eigenvalue weighted by Gasteiger charge is -2.01. The van der Waals surface area contributed by atoms with Gasteiger partial charge in [-0.25, -0.2) is 0 Å². The van der Waals surface area contributed by atoms with E-state index in [0.29, 0.717) is 0 Å². The molecule has 0 aromatic heterocycles. The Labute approximate surface area is 134 Å². The van der Waals surface area contributed by atoms with Crippen molar-refractivity contribution in [1.82, 2.24) is 0 Å². The second-order valence-electron chi connectivity index (χ2n) is 6.25. The van der Waals surface area contributed by atoms with Gasteiger partial charge in [-0.15, -0.1) is 0 Å². The monoisotopic (exact) mass is 312 g/mol. The van der Waals surface area contributed by atoms with Gasteiger partial charge in [-0.05, 0) is 25.7 Å². The van der Waals surface area contributed by atoms with Crippen molar-refractivity contribution in [3.63, 3.8) is 0 Å². The number of aliphatic carboxylic acids is 1. The number of hydrogen-bond donors (Lipinski definition) is 2. The van der Waals surface area contributed by atoms with Crippen LogP contribution < -0.4 is 0 Å². The van der Waals surface area contributed by atoms with Gasteiger partial charge >= 0.3 is 5.97 Å². The van der Waals surface area contributed by atoms with Gasteiger partial charge in [-0.3, -0.25) is 4.79 Å². The molecular formula is C18H32O4. The molecule has 0 amide bonds. The summed E-state index contributed by atoms with van der Waals surface area (Å²) in [5.41, 5.74) is 0. The molecule has 0 aromatic carbocycles. The standard InChI is InChI=1S/C18H32O4/c1-2-3-9-13-16-18(22-16)15(19)12-10-7-5-4-6-8-11-14-17(20)21/h10,12,15-16,18-19H,2-9,11,13-14H2,1H3,(H,20,21). The maximum Gasteiger partial charge on any atom is 0.303 e. The first-order chi connectivity index (χ1) is 10.6. The SMILES string of the molecule is CCCCCC1OC1C(O)C=CCCCCCCCC(=O)O. The number of epoxide rings is 1. The second-order valence-corrected chi connectivity index (χ2v) is 6.25. The molecule has 1 aliphatic heterocycles. The van der Waals surface area contributed by atoms with Crippen LogP contribution >= 0.6 is 0 Å². The fourth-order valence-electron chi connectivity index (χ4n) is 2.70. The number of carboxylic acids is 1. The maximum atomic E-state index is 10.4. The predicted molar refractivity (Wildman–Crippen MR) is 87.9 cm³/mol. The number of carbonyl (C=O) groups is 1. The van der Waals surface area contributed by atoms with E-state index >= 15 is 0 Å². The molecule has 3 atom stereocenters. The number of allylic oxidation sites excluding steroid dienone is 1. The van der Waals surface area contributed by atoms with Crippen molar-refractivity contribution in [2.24, 2.45) is 0 Å². The smallest absolute Gasteiger partial charge is 0.303 e. The molecule has 0 spiro atoms. The van der Waals surface area contributed by atoms with Crippen LogP contribution in [0.3, 0.4) is 0 Å². The van der Waals surface area contributed by atoms with Crippen LogP contribution in [0, 0.1) is 0 Å². The fraction of sp³-hybridized carbons (Fsp3) is 0.833. The zero-order valence-corrected chi connectivity index (χ0v) is 13.9. The van der Waals surface area contributed by atoms with Crippen LogP contribution in [0.25, 0.3) is 0 Å². The van der Waals surface area contributed by atoms with Gasteiger partial charge in [0.05, 0.1) is 6.10 Å². The highest BCUT2D eigenvalue weighted by Gasteiger charge is 2.42. The third-order valence-corrected chi connectivity index (χ3v) is 4.15. The van der Waals surface area contributed by atoms with E-state index in [9.17, 15) is 9.90 Å². The van der Waals surface area contributed by atoms with Crippen LogP contribution in [0.2, 0.25) is 0 Å². The van der Waals surface area contributed by atoms with Crippen molar-refractivity contribution < 1.29 is 19.7 Å². The van der Waals surface area contributed by atoms with Crippen molar-refractivity contribution in [2.75, 3.05) is 0 Å².